The summed E-state index contributed by atoms with van der Waals surface area (Å²) in [6, 6.07) is 3.89. The first kappa shape index (κ1) is 9.92. The van der Waals surface area contributed by atoms with Gasteiger partial charge in [0, 0.05) is 0 Å². The van der Waals surface area contributed by atoms with E-state index in [-0.39, 0.29) is 5.56 Å². The molecule has 0 atom stereocenters. The van der Waals surface area contributed by atoms with Gasteiger partial charge in [0.05, 0.1) is 5.97 Å². The van der Waals surface area contributed by atoms with Crippen LogP contribution in [0.3, 0.4) is 0 Å². The average Bonchev–Trinajstić information content (AvgIpc) is 2.03. The van der Waals surface area contributed by atoms with Crippen LogP contribution in [0.15, 0.2) is 24.3 Å². The Balaban J connectivity index is 3.08. The lowest BCUT2D eigenvalue weighted by Gasteiger charge is -2.29. The summed E-state index contributed by atoms with van der Waals surface area (Å²) in [6.45, 7) is 0. The minimum atomic E-state index is -4.78. The van der Waals surface area contributed by atoms with E-state index in [2.05, 4.69) is 0 Å². The molecule has 0 aliphatic carbocycles. The third-order valence-electron chi connectivity index (χ3n) is 1.42. The molecule has 5 nitrogen and oxygen atoms in total. The van der Waals surface area contributed by atoms with Crippen molar-refractivity contribution in [2.75, 3.05) is 0 Å². The van der Waals surface area contributed by atoms with E-state index < -0.39 is 18.9 Å². The summed E-state index contributed by atoms with van der Waals surface area (Å²) in [6.07, 6.45) is 0. The van der Waals surface area contributed by atoms with E-state index in [0.717, 1.165) is 24.3 Å². The zero-order chi connectivity index (χ0) is 10.1. The highest BCUT2D eigenvalue weighted by Gasteiger charge is 1.97. The van der Waals surface area contributed by atoms with Crippen LogP contribution in [0.25, 0.3) is 0 Å². The molecule has 6 heteroatoms. The summed E-state index contributed by atoms with van der Waals surface area (Å²) >= 11 is 0. The second kappa shape index (κ2) is 3.30. The predicted octanol–water partition coefficient (Wildman–Crippen LogP) is -2.41. The van der Waals surface area contributed by atoms with Crippen molar-refractivity contribution in [3.63, 3.8) is 0 Å². The van der Waals surface area contributed by atoms with Gasteiger partial charge in [-0.2, -0.15) is 0 Å². The topological polar surface area (TPSA) is 103 Å². The van der Waals surface area contributed by atoms with E-state index in [1.54, 1.807) is 0 Å². The molecular formula is C7H4O5P-3. The van der Waals surface area contributed by atoms with Crippen LogP contribution < -0.4 is 20.2 Å². The molecule has 0 N–H and O–H groups in total. The maximum atomic E-state index is 10.4. The maximum Gasteiger partial charge on any atom is 0.0715 e. The molecule has 0 heterocycles. The van der Waals surface area contributed by atoms with Gasteiger partial charge in [0.1, 0.15) is 0 Å². The highest BCUT2D eigenvalue weighted by atomic mass is 31.2. The van der Waals surface area contributed by atoms with Crippen molar-refractivity contribution in [3.8, 4) is 0 Å². The van der Waals surface area contributed by atoms with E-state index in [1.807, 2.05) is 0 Å². The van der Waals surface area contributed by atoms with Crippen LogP contribution in [0.2, 0.25) is 0 Å². The number of hydrogen-bond acceptors (Lipinski definition) is 5. The minimum Gasteiger partial charge on any atom is -0.807 e. The SMILES string of the molecule is O=C([O-])c1ccc(P(=O)([O-])[O-])cc1. The number of hydrogen-bond donors (Lipinski definition) is 0. The van der Waals surface area contributed by atoms with Crippen molar-refractivity contribution in [3.05, 3.63) is 29.8 Å². The largest absolute Gasteiger partial charge is 0.807 e. The van der Waals surface area contributed by atoms with Crippen LogP contribution in [-0.2, 0) is 4.57 Å². The molecule has 0 bridgehead atoms. The van der Waals surface area contributed by atoms with Crippen molar-refractivity contribution in [1.82, 2.24) is 0 Å². The third kappa shape index (κ3) is 2.39. The molecule has 13 heavy (non-hydrogen) atoms. The van der Waals surface area contributed by atoms with Gasteiger partial charge < -0.3 is 24.3 Å². The first-order valence-electron chi connectivity index (χ1n) is 3.25. The molecule has 0 saturated carbocycles. The summed E-state index contributed by atoms with van der Waals surface area (Å²) in [4.78, 5) is 31.1. The van der Waals surface area contributed by atoms with Crippen LogP contribution >= 0.6 is 7.60 Å². The van der Waals surface area contributed by atoms with Gasteiger partial charge >= 0.3 is 0 Å². The molecular weight excluding hydrogens is 195 g/mol. The Morgan fingerprint density at radius 3 is 1.92 bits per heavy atom. The summed E-state index contributed by atoms with van der Waals surface area (Å²) in [5, 5.41) is 9.79. The van der Waals surface area contributed by atoms with E-state index in [0.29, 0.717) is 0 Å². The van der Waals surface area contributed by atoms with Crippen molar-refractivity contribution in [2.45, 2.75) is 0 Å². The van der Waals surface area contributed by atoms with Gasteiger partial charge in [0.2, 0.25) is 0 Å². The molecule has 0 spiro atoms. The highest BCUT2D eigenvalue weighted by molar-refractivity contribution is 7.57. The van der Waals surface area contributed by atoms with Crippen LogP contribution in [0.1, 0.15) is 10.4 Å². The lowest BCUT2D eigenvalue weighted by atomic mass is 10.2. The van der Waals surface area contributed by atoms with Gasteiger partial charge in [0.15, 0.2) is 0 Å². The first-order valence-corrected chi connectivity index (χ1v) is 4.79. The van der Waals surface area contributed by atoms with Gasteiger partial charge in [-0.3, -0.25) is 0 Å². The second-order valence-corrected chi connectivity index (χ2v) is 3.84. The Morgan fingerprint density at radius 2 is 1.62 bits per heavy atom. The van der Waals surface area contributed by atoms with Crippen molar-refractivity contribution >= 4 is 18.9 Å². The van der Waals surface area contributed by atoms with Gasteiger partial charge in [-0.05, 0) is 18.5 Å². The van der Waals surface area contributed by atoms with Crippen molar-refractivity contribution in [2.24, 2.45) is 0 Å². The summed E-state index contributed by atoms with van der Waals surface area (Å²) in [5.41, 5.74) is -0.169. The zero-order valence-electron chi connectivity index (χ0n) is 6.30. The number of carbonyl (C=O) groups excluding carboxylic acids is 1. The fraction of sp³-hybridized carbons (Fsp3) is 0. The van der Waals surface area contributed by atoms with E-state index in [9.17, 15) is 24.3 Å². The molecule has 0 radical (unpaired) electrons. The lowest BCUT2D eigenvalue weighted by molar-refractivity contribution is -0.308. The Bertz CT molecular complexity index is 363. The molecule has 1 aromatic rings. The third-order valence-corrected chi connectivity index (χ3v) is 2.35. The average molecular weight is 199 g/mol. The molecule has 1 aromatic carbocycles. The standard InChI is InChI=1S/C7H7O5P/c8-7(9)5-1-3-6(4-2-5)13(10,11)12/h1-4H,(H,8,9)(H2,10,11,12)/p-3. The quantitative estimate of drug-likeness (QED) is 0.493. The summed E-state index contributed by atoms with van der Waals surface area (Å²) in [7, 11) is -4.78. The Labute approximate surface area is 73.8 Å². The van der Waals surface area contributed by atoms with E-state index in [4.69, 9.17) is 0 Å². The molecule has 1 rings (SSSR count). The fourth-order valence-electron chi connectivity index (χ4n) is 0.780. The van der Waals surface area contributed by atoms with Crippen LogP contribution in [0, 0.1) is 0 Å². The first-order chi connectivity index (χ1) is 5.91. The van der Waals surface area contributed by atoms with Crippen molar-refractivity contribution < 1.29 is 24.3 Å². The Kier molecular flexibility index (Phi) is 2.52. The predicted molar refractivity (Wildman–Crippen MR) is 38.0 cm³/mol. The van der Waals surface area contributed by atoms with Gasteiger partial charge in [-0.15, -0.1) is 0 Å². The van der Waals surface area contributed by atoms with E-state index in [1.165, 1.54) is 0 Å². The number of carboxylic acids is 1. The van der Waals surface area contributed by atoms with Gasteiger partial charge in [-0.25, -0.2) is 0 Å². The molecule has 0 aliphatic heterocycles. The monoisotopic (exact) mass is 199 g/mol. The van der Waals surface area contributed by atoms with E-state index >= 15 is 0 Å². The number of carboxylic acid groups (broad SMARTS) is 1. The Hall–Kier alpha value is -1.16. The van der Waals surface area contributed by atoms with Gasteiger partial charge in [0.25, 0.3) is 0 Å². The van der Waals surface area contributed by atoms with Crippen LogP contribution in [-0.4, -0.2) is 5.97 Å². The smallest absolute Gasteiger partial charge is 0.0715 e. The van der Waals surface area contributed by atoms with Crippen LogP contribution in [0.5, 0.6) is 0 Å². The number of aromatic carboxylic acids is 1. The lowest BCUT2D eigenvalue weighted by Crippen LogP contribution is -2.26. The number of rotatable bonds is 2. The fourth-order valence-corrected chi connectivity index (χ4v) is 1.29. The van der Waals surface area contributed by atoms with Crippen LogP contribution in [0.4, 0.5) is 0 Å². The Morgan fingerprint density at radius 1 is 1.15 bits per heavy atom. The summed E-state index contributed by atoms with van der Waals surface area (Å²) in [5.74, 6) is -1.42. The normalized spacial score (nSPS) is 11.2. The highest BCUT2D eigenvalue weighted by Crippen LogP contribution is 2.21. The number of carbonyl (C=O) groups is 1. The summed E-state index contributed by atoms with van der Waals surface area (Å²) < 4.78 is 10.4. The molecule has 70 valence electrons. The molecule has 0 aromatic heterocycles. The molecule has 0 aliphatic rings. The van der Waals surface area contributed by atoms with Gasteiger partial charge in [-0.1, -0.05) is 24.3 Å². The molecule has 0 amide bonds. The number of benzene rings is 1. The maximum absolute atomic E-state index is 10.4. The molecule has 0 unspecified atom stereocenters. The second-order valence-electron chi connectivity index (χ2n) is 2.33. The molecule has 0 saturated heterocycles. The van der Waals surface area contributed by atoms with Crippen molar-refractivity contribution in [1.29, 1.82) is 0 Å². The minimum absolute atomic E-state index is 0.169. The molecule has 0 fully saturated rings. The zero-order valence-corrected chi connectivity index (χ0v) is 7.19.